The zero-order chi connectivity index (χ0) is 33.4. The highest BCUT2D eigenvalue weighted by Crippen LogP contribution is 2.26. The quantitative estimate of drug-likeness (QED) is 0.245. The van der Waals surface area contributed by atoms with E-state index in [4.69, 9.17) is 15.2 Å². The highest BCUT2D eigenvalue weighted by Gasteiger charge is 2.32. The van der Waals surface area contributed by atoms with Crippen molar-refractivity contribution in [2.75, 3.05) is 14.2 Å². The van der Waals surface area contributed by atoms with Crippen molar-refractivity contribution in [3.8, 4) is 11.8 Å². The largest absolute Gasteiger partial charge is 0.469 e. The van der Waals surface area contributed by atoms with Gasteiger partial charge in [-0.1, -0.05) is 33.6 Å². The lowest BCUT2D eigenvalue weighted by Crippen LogP contribution is -2.27. The lowest BCUT2D eigenvalue weighted by Gasteiger charge is -2.13. The number of nitrogens with zero attached hydrogens (tertiary/aromatic N) is 1. The minimum Gasteiger partial charge on any atom is -0.469 e. The molecule has 0 aliphatic carbocycles. The van der Waals surface area contributed by atoms with Gasteiger partial charge >= 0.3 is 11.9 Å². The van der Waals surface area contributed by atoms with Crippen LogP contribution >= 0.6 is 0 Å². The maximum atomic E-state index is 12.5. The number of primary amides is 1. The number of aromatic amines is 2. The van der Waals surface area contributed by atoms with E-state index >= 15 is 0 Å². The molecule has 10 heteroatoms. The molecule has 0 radical (unpaired) electrons. The molecule has 1 aliphatic heterocycles. The second kappa shape index (κ2) is 15.6. The summed E-state index contributed by atoms with van der Waals surface area (Å²) < 4.78 is 9.80. The van der Waals surface area contributed by atoms with Gasteiger partial charge in [0.15, 0.2) is 0 Å². The van der Waals surface area contributed by atoms with Crippen LogP contribution in [0, 0.1) is 49.4 Å². The van der Waals surface area contributed by atoms with E-state index < -0.39 is 0 Å². The summed E-state index contributed by atoms with van der Waals surface area (Å²) in [6, 6.07) is 0. The number of nitrogens with two attached hydrogens (primary N) is 1. The monoisotopic (exact) mass is 618 g/mol. The Morgan fingerprint density at radius 3 is 2.13 bits per heavy atom. The number of H-pyrrole nitrogens is 2. The van der Waals surface area contributed by atoms with Gasteiger partial charge in [0.1, 0.15) is 0 Å². The lowest BCUT2D eigenvalue weighted by molar-refractivity contribution is -0.141. The van der Waals surface area contributed by atoms with Gasteiger partial charge in [0, 0.05) is 52.7 Å². The first kappa shape index (κ1) is 35.1. The third kappa shape index (κ3) is 8.21. The standard InChI is InChI=1S/C35H46N4O6/c1-9-23(34(36)42)19(3)11-14-27-21(5)25(12-15-32(40)44-7)30(37-27)18-31-26(13-16-33(41)45-8)22(6)28(38-31)17-29-20(4)24(10-2)35(43)39-29/h17-20,23-24,37-38H,9-10,12-13,15-16H2,1-8H3,(H2,36,42)/b28-17-,31-18-/t19-,20+,23+,24+/m0/s1. The smallest absolute Gasteiger partial charge is 0.305 e. The summed E-state index contributed by atoms with van der Waals surface area (Å²) >= 11 is 0. The fourth-order valence-corrected chi connectivity index (χ4v) is 5.96. The van der Waals surface area contributed by atoms with Crippen LogP contribution < -0.4 is 16.4 Å². The normalized spacial score (nSPS) is 18.3. The summed E-state index contributed by atoms with van der Waals surface area (Å²) in [5.41, 5.74) is 11.4. The van der Waals surface area contributed by atoms with Crippen LogP contribution in [0.2, 0.25) is 0 Å². The average Bonchev–Trinajstić information content (AvgIpc) is 3.57. The van der Waals surface area contributed by atoms with Crippen LogP contribution in [-0.2, 0) is 41.5 Å². The van der Waals surface area contributed by atoms with Crippen LogP contribution in [0.5, 0.6) is 0 Å². The molecular formula is C35H46N4O6. The lowest BCUT2D eigenvalue weighted by atomic mass is 9.90. The molecule has 0 unspecified atom stereocenters. The van der Waals surface area contributed by atoms with Gasteiger partial charge in [-0.15, -0.1) is 0 Å². The summed E-state index contributed by atoms with van der Waals surface area (Å²) in [5.74, 6) is 4.53. The molecule has 0 spiro atoms. The first-order chi connectivity index (χ1) is 21.4. The molecule has 3 heterocycles. The maximum Gasteiger partial charge on any atom is 0.305 e. The molecule has 242 valence electrons. The molecular weight excluding hydrogens is 572 g/mol. The van der Waals surface area contributed by atoms with Gasteiger partial charge in [0.2, 0.25) is 11.8 Å². The van der Waals surface area contributed by atoms with Crippen molar-refractivity contribution < 1.29 is 28.7 Å². The highest BCUT2D eigenvalue weighted by molar-refractivity contribution is 6.20. The third-order valence-electron chi connectivity index (χ3n) is 8.96. The predicted molar refractivity (Wildman–Crippen MR) is 173 cm³/mol. The molecule has 45 heavy (non-hydrogen) atoms. The highest BCUT2D eigenvalue weighted by atomic mass is 16.5. The van der Waals surface area contributed by atoms with Gasteiger partial charge in [-0.25, -0.2) is 4.99 Å². The molecule has 10 nitrogen and oxygen atoms in total. The number of esters is 2. The summed E-state index contributed by atoms with van der Waals surface area (Å²) in [4.78, 5) is 59.8. The van der Waals surface area contributed by atoms with E-state index in [1.165, 1.54) is 14.2 Å². The van der Waals surface area contributed by atoms with Crippen LogP contribution in [0.15, 0.2) is 4.99 Å². The summed E-state index contributed by atoms with van der Waals surface area (Å²) in [6.07, 6.45) is 6.42. The average molecular weight is 619 g/mol. The molecule has 1 aliphatic rings. The molecule has 3 rings (SSSR count). The Morgan fingerprint density at radius 2 is 1.60 bits per heavy atom. The summed E-state index contributed by atoms with van der Waals surface area (Å²) in [7, 11) is 2.73. The van der Waals surface area contributed by atoms with Gasteiger partial charge in [0.25, 0.3) is 0 Å². The molecule has 2 amide bonds. The van der Waals surface area contributed by atoms with Crippen molar-refractivity contribution in [2.24, 2.45) is 34.4 Å². The Kier molecular flexibility index (Phi) is 12.1. The third-order valence-corrected chi connectivity index (χ3v) is 8.96. The number of rotatable bonds is 12. The Balaban J connectivity index is 2.21. The van der Waals surface area contributed by atoms with E-state index in [9.17, 15) is 19.2 Å². The number of carbonyl (C=O) groups is 4. The van der Waals surface area contributed by atoms with Crippen molar-refractivity contribution in [2.45, 2.75) is 80.1 Å². The number of hydrogen-bond donors (Lipinski definition) is 3. The van der Waals surface area contributed by atoms with E-state index in [0.29, 0.717) is 25.0 Å². The first-order valence-corrected chi connectivity index (χ1v) is 15.6. The van der Waals surface area contributed by atoms with Gasteiger partial charge in [-0.05, 0) is 79.9 Å². The molecule has 2 aromatic rings. The van der Waals surface area contributed by atoms with Crippen LogP contribution in [-0.4, -0.2) is 53.7 Å². The predicted octanol–water partition coefficient (Wildman–Crippen LogP) is 2.92. The molecule has 4 N–H and O–H groups in total. The summed E-state index contributed by atoms with van der Waals surface area (Å²) in [6.45, 7) is 11.7. The maximum absolute atomic E-state index is 12.5. The molecule has 4 atom stereocenters. The Labute approximate surface area is 264 Å². The minimum atomic E-state index is -0.378. The number of nitrogens with one attached hydrogen (secondary N) is 2. The van der Waals surface area contributed by atoms with Gasteiger partial charge < -0.3 is 25.2 Å². The number of methoxy groups -OCH3 is 2. The molecule has 0 aromatic carbocycles. The number of carbonyl (C=O) groups excluding carboxylic acids is 4. The van der Waals surface area contributed by atoms with Crippen molar-refractivity contribution in [3.05, 3.63) is 44.3 Å². The molecule has 2 aromatic heterocycles. The molecule has 0 bridgehead atoms. The zero-order valence-electron chi connectivity index (χ0n) is 27.7. The van der Waals surface area contributed by atoms with Crippen LogP contribution in [0.1, 0.15) is 87.0 Å². The number of aromatic nitrogens is 2. The van der Waals surface area contributed by atoms with E-state index in [1.54, 1.807) is 0 Å². The second-order valence-corrected chi connectivity index (χ2v) is 11.7. The SMILES string of the molecule is CC[C@@H](C(N)=O)[C@@H](C)C#Cc1[nH]c(/C=c2\[nH]/c(=C\C3=NC(=O)[C@H](CC)[C@H]3C)c(C)c2CCC(=O)OC)c(CCC(=O)OC)c1C. The molecule has 0 saturated carbocycles. The van der Waals surface area contributed by atoms with Crippen molar-refractivity contribution in [1.29, 1.82) is 0 Å². The van der Waals surface area contributed by atoms with Crippen molar-refractivity contribution in [1.82, 2.24) is 9.97 Å². The van der Waals surface area contributed by atoms with Gasteiger partial charge in [0.05, 0.1) is 25.8 Å². The van der Waals surface area contributed by atoms with Crippen LogP contribution in [0.3, 0.4) is 0 Å². The minimum absolute atomic E-state index is 0.00229. The van der Waals surface area contributed by atoms with Crippen molar-refractivity contribution >= 4 is 41.6 Å². The summed E-state index contributed by atoms with van der Waals surface area (Å²) in [5, 5.41) is 1.59. The fourth-order valence-electron chi connectivity index (χ4n) is 5.96. The number of aliphatic imine (C=N–C) groups is 1. The van der Waals surface area contributed by atoms with E-state index in [0.717, 1.165) is 50.8 Å². The number of hydrogen-bond acceptors (Lipinski definition) is 6. The van der Waals surface area contributed by atoms with Gasteiger partial charge in [-0.3, -0.25) is 19.2 Å². The van der Waals surface area contributed by atoms with E-state index in [2.05, 4.69) is 26.8 Å². The van der Waals surface area contributed by atoms with Crippen LogP contribution in [0.25, 0.3) is 12.2 Å². The zero-order valence-corrected chi connectivity index (χ0v) is 27.7. The molecule has 0 saturated heterocycles. The van der Waals surface area contributed by atoms with E-state index in [-0.39, 0.29) is 60.3 Å². The number of amides is 2. The Bertz CT molecular complexity index is 1670. The first-order valence-electron chi connectivity index (χ1n) is 15.6. The van der Waals surface area contributed by atoms with Crippen molar-refractivity contribution in [3.63, 3.8) is 0 Å². The topological polar surface area (TPSA) is 157 Å². The van der Waals surface area contributed by atoms with Crippen LogP contribution in [0.4, 0.5) is 0 Å². The Hall–Kier alpha value is -4.39. The second-order valence-electron chi connectivity index (χ2n) is 11.7. The molecule has 0 fully saturated rings. The Morgan fingerprint density at radius 1 is 0.978 bits per heavy atom. The van der Waals surface area contributed by atoms with Gasteiger partial charge in [-0.2, -0.15) is 0 Å². The fraction of sp³-hybridized carbons (Fsp3) is 0.514. The van der Waals surface area contributed by atoms with E-state index in [1.807, 2.05) is 53.7 Å². The number of ether oxygens (including phenoxy) is 2.